The number of aromatic nitrogens is 1. The summed E-state index contributed by atoms with van der Waals surface area (Å²) in [6, 6.07) is 3.06. The number of nitrogens with two attached hydrogens (primary N) is 1. The average Bonchev–Trinajstić information content (AvgIpc) is 2.24. The molecule has 1 aromatic heterocycles. The van der Waals surface area contributed by atoms with Crippen LogP contribution in [0.4, 0.5) is 5.82 Å². The van der Waals surface area contributed by atoms with Crippen LogP contribution in [0.15, 0.2) is 18.3 Å². The molecule has 7 nitrogen and oxygen atoms in total. The number of nitrogen functional groups attached to an aromatic ring is 1. The highest BCUT2D eigenvalue weighted by atomic mass is 32.2. The second-order valence-corrected chi connectivity index (χ2v) is 5.23. The van der Waals surface area contributed by atoms with E-state index >= 15 is 0 Å². The molecule has 4 N–H and O–H groups in total. The molecule has 0 saturated heterocycles. The minimum Gasteiger partial charge on any atom is -0.384 e. The Bertz CT molecular complexity index is 483. The monoisotopic (exact) mass is 258 g/mol. The van der Waals surface area contributed by atoms with Gasteiger partial charge in [0.25, 0.3) is 5.91 Å². The molecular weight excluding hydrogens is 244 g/mol. The van der Waals surface area contributed by atoms with Gasteiger partial charge < -0.3 is 11.1 Å². The van der Waals surface area contributed by atoms with E-state index in [0.717, 1.165) is 6.26 Å². The zero-order valence-electron chi connectivity index (χ0n) is 9.30. The van der Waals surface area contributed by atoms with Crippen molar-refractivity contribution in [1.29, 1.82) is 0 Å². The van der Waals surface area contributed by atoms with E-state index in [4.69, 9.17) is 5.73 Å². The van der Waals surface area contributed by atoms with E-state index in [9.17, 15) is 13.2 Å². The lowest BCUT2D eigenvalue weighted by molar-refractivity contribution is 0.0954. The number of carbonyl (C=O) groups is 1. The number of amides is 1. The summed E-state index contributed by atoms with van der Waals surface area (Å²) in [5, 5.41) is 2.54. The fraction of sp³-hybridized carbons (Fsp3) is 0.333. The Morgan fingerprint density at radius 2 is 2.12 bits per heavy atom. The van der Waals surface area contributed by atoms with Crippen LogP contribution in [0, 0.1) is 0 Å². The van der Waals surface area contributed by atoms with Gasteiger partial charge in [-0.15, -0.1) is 0 Å². The topological polar surface area (TPSA) is 114 Å². The first-order chi connectivity index (χ1) is 7.88. The molecule has 0 atom stereocenters. The third-order valence-electron chi connectivity index (χ3n) is 1.82. The fourth-order valence-corrected chi connectivity index (χ4v) is 1.53. The van der Waals surface area contributed by atoms with Gasteiger partial charge >= 0.3 is 0 Å². The van der Waals surface area contributed by atoms with Crippen molar-refractivity contribution in [2.75, 3.05) is 25.1 Å². The van der Waals surface area contributed by atoms with Gasteiger partial charge in [-0.2, -0.15) is 0 Å². The third-order valence-corrected chi connectivity index (χ3v) is 2.55. The summed E-state index contributed by atoms with van der Waals surface area (Å²) in [5.74, 6) is 0.00749. The summed E-state index contributed by atoms with van der Waals surface area (Å²) >= 11 is 0. The van der Waals surface area contributed by atoms with E-state index in [1.54, 1.807) is 6.07 Å². The van der Waals surface area contributed by atoms with Crippen LogP contribution in [0.1, 0.15) is 10.4 Å². The molecule has 8 heteroatoms. The molecule has 0 aliphatic rings. The van der Waals surface area contributed by atoms with Gasteiger partial charge in [-0.1, -0.05) is 0 Å². The Morgan fingerprint density at radius 1 is 1.41 bits per heavy atom. The summed E-state index contributed by atoms with van der Waals surface area (Å²) in [6.45, 7) is 0.350. The number of hydrogen-bond acceptors (Lipinski definition) is 5. The lowest BCUT2D eigenvalue weighted by Gasteiger charge is -2.05. The van der Waals surface area contributed by atoms with Crippen molar-refractivity contribution in [3.8, 4) is 0 Å². The number of carbonyl (C=O) groups excluding carboxylic acids is 1. The van der Waals surface area contributed by atoms with E-state index in [1.807, 2.05) is 0 Å². The SMILES string of the molecule is CS(=O)(=O)NCCNC(=O)c1ccc(N)nc1. The van der Waals surface area contributed by atoms with Crippen LogP contribution >= 0.6 is 0 Å². The van der Waals surface area contributed by atoms with Crippen molar-refractivity contribution in [2.24, 2.45) is 0 Å². The van der Waals surface area contributed by atoms with E-state index < -0.39 is 10.0 Å². The van der Waals surface area contributed by atoms with Gasteiger partial charge in [-0.25, -0.2) is 18.1 Å². The Hall–Kier alpha value is -1.67. The fourth-order valence-electron chi connectivity index (χ4n) is 1.05. The van der Waals surface area contributed by atoms with Gasteiger partial charge in [0.1, 0.15) is 5.82 Å². The summed E-state index contributed by atoms with van der Waals surface area (Å²) in [5.41, 5.74) is 5.75. The van der Waals surface area contributed by atoms with Crippen molar-refractivity contribution in [3.63, 3.8) is 0 Å². The Balaban J connectivity index is 2.38. The van der Waals surface area contributed by atoms with Crippen molar-refractivity contribution in [1.82, 2.24) is 15.0 Å². The van der Waals surface area contributed by atoms with Gasteiger partial charge in [0.2, 0.25) is 10.0 Å². The maximum absolute atomic E-state index is 11.5. The van der Waals surface area contributed by atoms with Crippen molar-refractivity contribution >= 4 is 21.7 Å². The number of sulfonamides is 1. The lowest BCUT2D eigenvalue weighted by Crippen LogP contribution is -2.34. The molecule has 1 amide bonds. The molecule has 1 aromatic rings. The minimum atomic E-state index is -3.22. The van der Waals surface area contributed by atoms with Crippen LogP contribution in [-0.2, 0) is 10.0 Å². The van der Waals surface area contributed by atoms with E-state index in [2.05, 4.69) is 15.0 Å². The molecule has 0 unspecified atom stereocenters. The van der Waals surface area contributed by atoms with Gasteiger partial charge in [0.15, 0.2) is 0 Å². The number of nitrogens with one attached hydrogen (secondary N) is 2. The largest absolute Gasteiger partial charge is 0.384 e. The predicted molar refractivity (Wildman–Crippen MR) is 63.8 cm³/mol. The number of nitrogens with zero attached hydrogens (tertiary/aromatic N) is 1. The zero-order chi connectivity index (χ0) is 12.9. The molecule has 0 aliphatic heterocycles. The van der Waals surface area contributed by atoms with Crippen molar-refractivity contribution in [3.05, 3.63) is 23.9 Å². The number of pyridine rings is 1. The molecule has 17 heavy (non-hydrogen) atoms. The van der Waals surface area contributed by atoms with Crippen LogP contribution in [0.2, 0.25) is 0 Å². The number of anilines is 1. The van der Waals surface area contributed by atoms with Gasteiger partial charge in [-0.3, -0.25) is 4.79 Å². The zero-order valence-corrected chi connectivity index (χ0v) is 10.1. The third kappa shape index (κ3) is 5.27. The van der Waals surface area contributed by atoms with Gasteiger partial charge in [-0.05, 0) is 12.1 Å². The highest BCUT2D eigenvalue weighted by Gasteiger charge is 2.05. The molecular formula is C9H14N4O3S. The van der Waals surface area contributed by atoms with Crippen LogP contribution in [0.25, 0.3) is 0 Å². The molecule has 0 aromatic carbocycles. The second kappa shape index (κ2) is 5.60. The summed E-state index contributed by atoms with van der Waals surface area (Å²) in [4.78, 5) is 15.3. The second-order valence-electron chi connectivity index (χ2n) is 3.39. The molecule has 0 saturated carbocycles. The van der Waals surface area contributed by atoms with E-state index in [-0.39, 0.29) is 19.0 Å². The average molecular weight is 258 g/mol. The number of rotatable bonds is 5. The standard InChI is InChI=1S/C9H14N4O3S/c1-17(15,16)13-5-4-11-9(14)7-2-3-8(10)12-6-7/h2-3,6,13H,4-5H2,1H3,(H2,10,12)(H,11,14). The van der Waals surface area contributed by atoms with Gasteiger partial charge in [0.05, 0.1) is 11.8 Å². The van der Waals surface area contributed by atoms with Crippen LogP contribution in [-0.4, -0.2) is 38.7 Å². The number of hydrogen-bond donors (Lipinski definition) is 3. The molecule has 0 radical (unpaired) electrons. The smallest absolute Gasteiger partial charge is 0.252 e. The molecule has 1 rings (SSSR count). The molecule has 94 valence electrons. The first-order valence-corrected chi connectivity index (χ1v) is 6.72. The Morgan fingerprint density at radius 3 is 2.65 bits per heavy atom. The maximum atomic E-state index is 11.5. The molecule has 1 heterocycles. The van der Waals surface area contributed by atoms with Crippen molar-refractivity contribution in [2.45, 2.75) is 0 Å². The van der Waals surface area contributed by atoms with E-state index in [1.165, 1.54) is 12.3 Å². The Kier molecular flexibility index (Phi) is 4.41. The summed E-state index contributed by atoms with van der Waals surface area (Å²) < 4.78 is 23.7. The molecule has 0 fully saturated rings. The minimum absolute atomic E-state index is 0.146. The molecule has 0 aliphatic carbocycles. The van der Waals surface area contributed by atoms with Crippen molar-refractivity contribution < 1.29 is 13.2 Å². The highest BCUT2D eigenvalue weighted by Crippen LogP contribution is 2.00. The quantitative estimate of drug-likeness (QED) is 0.583. The molecule has 0 bridgehead atoms. The highest BCUT2D eigenvalue weighted by molar-refractivity contribution is 7.88. The van der Waals surface area contributed by atoms with Gasteiger partial charge in [0, 0.05) is 19.3 Å². The first kappa shape index (κ1) is 13.4. The normalized spacial score (nSPS) is 11.1. The molecule has 0 spiro atoms. The van der Waals surface area contributed by atoms with E-state index in [0.29, 0.717) is 11.4 Å². The first-order valence-electron chi connectivity index (χ1n) is 4.83. The van der Waals surface area contributed by atoms with Crippen LogP contribution in [0.5, 0.6) is 0 Å². The summed E-state index contributed by atoms with van der Waals surface area (Å²) in [6.07, 6.45) is 2.41. The Labute approximate surface area is 99.5 Å². The van der Waals surface area contributed by atoms with Crippen LogP contribution < -0.4 is 15.8 Å². The van der Waals surface area contributed by atoms with Crippen LogP contribution in [0.3, 0.4) is 0 Å². The maximum Gasteiger partial charge on any atom is 0.252 e. The summed E-state index contributed by atoms with van der Waals surface area (Å²) in [7, 11) is -3.22. The lowest BCUT2D eigenvalue weighted by atomic mass is 10.2. The predicted octanol–water partition coefficient (Wildman–Crippen LogP) is -1.06.